The van der Waals surface area contributed by atoms with E-state index in [0.717, 1.165) is 0 Å². The molecule has 0 radical (unpaired) electrons. The highest BCUT2D eigenvalue weighted by molar-refractivity contribution is 4.97. The van der Waals surface area contributed by atoms with Crippen molar-refractivity contribution in [1.29, 1.82) is 0 Å². The van der Waals surface area contributed by atoms with E-state index in [2.05, 4.69) is 36.0 Å². The molecule has 2 rings (SSSR count). The maximum Gasteiger partial charge on any atom is 0.0276 e. The Bertz CT molecular complexity index is 219. The summed E-state index contributed by atoms with van der Waals surface area (Å²) >= 11 is 0. The second-order valence-corrected chi connectivity index (χ2v) is 3.71. The number of aromatic nitrogens is 1. The molecule has 0 N–H and O–H groups in total. The molecule has 1 fully saturated rings. The van der Waals surface area contributed by atoms with Crippen LogP contribution >= 0.6 is 0 Å². The largest absolute Gasteiger partial charge is 0.354 e. The Hall–Kier alpha value is -0.720. The predicted octanol–water partition coefficient (Wildman–Crippen LogP) is 2.68. The van der Waals surface area contributed by atoms with Crippen LogP contribution in [0.1, 0.15) is 26.2 Å². The average Bonchev–Trinajstić information content (AvgIpc) is 2.59. The van der Waals surface area contributed by atoms with E-state index in [1.807, 2.05) is 0 Å². The molecule has 0 aliphatic heterocycles. The van der Waals surface area contributed by atoms with Gasteiger partial charge in [0.15, 0.2) is 0 Å². The Balaban J connectivity index is 2.01. The molecule has 1 nitrogen and oxygen atoms in total. The third kappa shape index (κ3) is 1.32. The molecule has 1 saturated carbocycles. The predicted molar refractivity (Wildman–Crippen MR) is 46.4 cm³/mol. The lowest BCUT2D eigenvalue weighted by atomic mass is 10.0. The van der Waals surface area contributed by atoms with Crippen LogP contribution in [0.3, 0.4) is 0 Å². The molecule has 1 aromatic rings. The summed E-state index contributed by atoms with van der Waals surface area (Å²) in [6, 6.07) is 4.21. The summed E-state index contributed by atoms with van der Waals surface area (Å²) in [5.74, 6) is 0. The first-order valence-electron chi connectivity index (χ1n) is 4.45. The lowest BCUT2D eigenvalue weighted by molar-refractivity contribution is 0.410. The van der Waals surface area contributed by atoms with Gasteiger partial charge in [-0.3, -0.25) is 0 Å². The highest BCUT2D eigenvalue weighted by atomic mass is 15.0. The molecule has 1 aromatic heterocycles. The third-order valence-corrected chi connectivity index (χ3v) is 2.89. The zero-order valence-corrected chi connectivity index (χ0v) is 7.09. The van der Waals surface area contributed by atoms with E-state index >= 15 is 0 Å². The van der Waals surface area contributed by atoms with Crippen molar-refractivity contribution in [3.05, 3.63) is 24.5 Å². The molecule has 0 bridgehead atoms. The first-order valence-corrected chi connectivity index (χ1v) is 4.45. The lowest BCUT2D eigenvalue weighted by Gasteiger charge is -2.12. The van der Waals surface area contributed by atoms with Crippen molar-refractivity contribution in [1.82, 2.24) is 4.57 Å². The van der Waals surface area contributed by atoms with Crippen LogP contribution in [0.15, 0.2) is 24.5 Å². The minimum atomic E-state index is 0.680. The highest BCUT2D eigenvalue weighted by Gasteiger charge is 2.40. The van der Waals surface area contributed by atoms with E-state index in [-0.39, 0.29) is 0 Å². The molecule has 60 valence electrons. The summed E-state index contributed by atoms with van der Waals surface area (Å²) in [5, 5.41) is 0. The summed E-state index contributed by atoms with van der Waals surface area (Å²) in [4.78, 5) is 0. The van der Waals surface area contributed by atoms with Crippen LogP contribution in [0, 0.1) is 5.41 Å². The van der Waals surface area contributed by atoms with Gasteiger partial charge in [0.25, 0.3) is 0 Å². The van der Waals surface area contributed by atoms with Gasteiger partial charge in [-0.25, -0.2) is 0 Å². The summed E-state index contributed by atoms with van der Waals surface area (Å²) in [7, 11) is 0. The first-order chi connectivity index (χ1) is 5.35. The van der Waals surface area contributed by atoms with Crippen molar-refractivity contribution in [3.63, 3.8) is 0 Å². The average molecular weight is 149 g/mol. The summed E-state index contributed by atoms with van der Waals surface area (Å²) < 4.78 is 2.30. The van der Waals surface area contributed by atoms with Gasteiger partial charge in [-0.05, 0) is 36.8 Å². The second-order valence-electron chi connectivity index (χ2n) is 3.71. The van der Waals surface area contributed by atoms with Gasteiger partial charge >= 0.3 is 0 Å². The second kappa shape index (κ2) is 2.40. The van der Waals surface area contributed by atoms with E-state index in [1.54, 1.807) is 0 Å². The molecule has 1 aliphatic rings. The van der Waals surface area contributed by atoms with Gasteiger partial charge in [0.2, 0.25) is 0 Å². The molecule has 0 atom stereocenters. The van der Waals surface area contributed by atoms with Crippen LogP contribution in [-0.4, -0.2) is 4.57 Å². The van der Waals surface area contributed by atoms with E-state index in [0.29, 0.717) is 5.41 Å². The normalized spacial score (nSPS) is 20.1. The summed E-state index contributed by atoms with van der Waals surface area (Å²) in [6.07, 6.45) is 8.53. The maximum absolute atomic E-state index is 2.30. The van der Waals surface area contributed by atoms with Crippen LogP contribution < -0.4 is 0 Å². The minimum absolute atomic E-state index is 0.680. The lowest BCUT2D eigenvalue weighted by Crippen LogP contribution is -2.08. The molecule has 0 aromatic carbocycles. The smallest absolute Gasteiger partial charge is 0.0276 e. The molecular weight excluding hydrogens is 134 g/mol. The van der Waals surface area contributed by atoms with Gasteiger partial charge < -0.3 is 4.57 Å². The van der Waals surface area contributed by atoms with Crippen LogP contribution in [-0.2, 0) is 6.54 Å². The van der Waals surface area contributed by atoms with Gasteiger partial charge in [-0.2, -0.15) is 0 Å². The van der Waals surface area contributed by atoms with Crippen molar-refractivity contribution in [3.8, 4) is 0 Å². The molecule has 0 spiro atoms. The molecule has 1 heteroatoms. The fourth-order valence-corrected chi connectivity index (χ4v) is 1.66. The minimum Gasteiger partial charge on any atom is -0.354 e. The van der Waals surface area contributed by atoms with Crippen LogP contribution in [0.25, 0.3) is 0 Å². The van der Waals surface area contributed by atoms with E-state index in [4.69, 9.17) is 0 Å². The number of nitrogens with zero attached hydrogens (tertiary/aromatic N) is 1. The zero-order valence-electron chi connectivity index (χ0n) is 7.09. The van der Waals surface area contributed by atoms with Gasteiger partial charge in [0.1, 0.15) is 0 Å². The fourth-order valence-electron chi connectivity index (χ4n) is 1.66. The van der Waals surface area contributed by atoms with Crippen molar-refractivity contribution in [2.45, 2.75) is 32.7 Å². The van der Waals surface area contributed by atoms with Gasteiger partial charge in [0, 0.05) is 18.9 Å². The van der Waals surface area contributed by atoms with Crippen molar-refractivity contribution < 1.29 is 0 Å². The standard InChI is InChI=1S/C10H15N/c1-2-10(5-6-10)9-11-7-3-4-8-11/h3-4,7-8H,2,5-6,9H2,1H3. The maximum atomic E-state index is 2.30. The van der Waals surface area contributed by atoms with Gasteiger partial charge in [0.05, 0.1) is 0 Å². The Morgan fingerprint density at radius 2 is 1.91 bits per heavy atom. The Kier molecular flexibility index (Phi) is 1.52. The molecule has 0 amide bonds. The first kappa shape index (κ1) is 6.96. The fraction of sp³-hybridized carbons (Fsp3) is 0.600. The van der Waals surface area contributed by atoms with E-state index < -0.39 is 0 Å². The Labute approximate surface area is 68.0 Å². The third-order valence-electron chi connectivity index (χ3n) is 2.89. The Morgan fingerprint density at radius 1 is 1.27 bits per heavy atom. The van der Waals surface area contributed by atoms with E-state index in [1.165, 1.54) is 25.8 Å². The van der Waals surface area contributed by atoms with Crippen LogP contribution in [0.5, 0.6) is 0 Å². The van der Waals surface area contributed by atoms with Crippen LogP contribution in [0.4, 0.5) is 0 Å². The zero-order chi connectivity index (χ0) is 7.73. The van der Waals surface area contributed by atoms with Crippen molar-refractivity contribution >= 4 is 0 Å². The van der Waals surface area contributed by atoms with Crippen LogP contribution in [0.2, 0.25) is 0 Å². The quantitative estimate of drug-likeness (QED) is 0.622. The number of hydrogen-bond acceptors (Lipinski definition) is 0. The SMILES string of the molecule is CCC1(Cn2cccc2)CC1. The highest BCUT2D eigenvalue weighted by Crippen LogP contribution is 2.49. The number of hydrogen-bond donors (Lipinski definition) is 0. The molecule has 1 aliphatic carbocycles. The van der Waals surface area contributed by atoms with Gasteiger partial charge in [-0.15, -0.1) is 0 Å². The Morgan fingerprint density at radius 3 is 2.36 bits per heavy atom. The monoisotopic (exact) mass is 149 g/mol. The van der Waals surface area contributed by atoms with E-state index in [9.17, 15) is 0 Å². The molecule has 1 heterocycles. The summed E-state index contributed by atoms with van der Waals surface area (Å²) in [5.41, 5.74) is 0.680. The number of rotatable bonds is 3. The van der Waals surface area contributed by atoms with Crippen molar-refractivity contribution in [2.24, 2.45) is 5.41 Å². The molecule has 0 saturated heterocycles. The molecular formula is C10H15N. The topological polar surface area (TPSA) is 4.93 Å². The summed E-state index contributed by atoms with van der Waals surface area (Å²) in [6.45, 7) is 3.53. The van der Waals surface area contributed by atoms with Gasteiger partial charge in [-0.1, -0.05) is 6.92 Å². The molecule has 11 heavy (non-hydrogen) atoms. The molecule has 0 unspecified atom stereocenters. The van der Waals surface area contributed by atoms with Crippen molar-refractivity contribution in [2.75, 3.05) is 0 Å².